The number of rotatable bonds is 4. The molecule has 23 heavy (non-hydrogen) atoms. The van der Waals surface area contributed by atoms with Gasteiger partial charge in [-0.1, -0.05) is 23.7 Å². The molecule has 1 N–H and O–H groups in total. The fourth-order valence-corrected chi connectivity index (χ4v) is 3.13. The van der Waals surface area contributed by atoms with Crippen LogP contribution in [0.3, 0.4) is 0 Å². The summed E-state index contributed by atoms with van der Waals surface area (Å²) in [7, 11) is 1.56. The Balaban J connectivity index is 1.98. The monoisotopic (exact) mass is 331 g/mol. The molecule has 0 saturated heterocycles. The molecule has 1 heterocycles. The maximum absolute atomic E-state index is 12.4. The van der Waals surface area contributed by atoms with Crippen LogP contribution in [0.1, 0.15) is 35.3 Å². The zero-order valence-corrected chi connectivity index (χ0v) is 13.8. The fourth-order valence-electron chi connectivity index (χ4n) is 2.84. The number of anilines is 1. The number of benzene rings is 2. The van der Waals surface area contributed by atoms with Crippen LogP contribution in [0.4, 0.5) is 5.69 Å². The number of hydrogen-bond donors (Lipinski definition) is 1. The molecule has 2 aromatic carbocycles. The molecule has 0 fully saturated rings. The molecule has 0 spiro atoms. The summed E-state index contributed by atoms with van der Waals surface area (Å²) in [6.07, 6.45) is 0.380. The third kappa shape index (κ3) is 2.99. The fraction of sp³-hybridized carbons (Fsp3) is 0.278. The van der Waals surface area contributed by atoms with Crippen LogP contribution in [0.15, 0.2) is 36.4 Å². The van der Waals surface area contributed by atoms with Crippen LogP contribution >= 0.6 is 11.6 Å². The quantitative estimate of drug-likeness (QED) is 0.897. The summed E-state index contributed by atoms with van der Waals surface area (Å²) < 4.78 is 10.9. The van der Waals surface area contributed by atoms with E-state index in [1.54, 1.807) is 7.11 Å². The van der Waals surface area contributed by atoms with Crippen molar-refractivity contribution in [3.63, 3.8) is 0 Å². The van der Waals surface area contributed by atoms with Crippen LogP contribution in [0.5, 0.6) is 11.5 Å². The third-order valence-electron chi connectivity index (χ3n) is 3.88. The minimum absolute atomic E-state index is 0.120. The van der Waals surface area contributed by atoms with Crippen molar-refractivity contribution >= 4 is 23.1 Å². The first-order valence-corrected chi connectivity index (χ1v) is 7.90. The molecule has 0 radical (unpaired) electrons. The van der Waals surface area contributed by atoms with Crippen molar-refractivity contribution in [3.8, 4) is 11.5 Å². The van der Waals surface area contributed by atoms with E-state index in [9.17, 15) is 4.79 Å². The number of hydrogen-bond acceptors (Lipinski definition) is 4. The molecular formula is C18H18ClNO3. The van der Waals surface area contributed by atoms with Gasteiger partial charge in [0.2, 0.25) is 0 Å². The zero-order valence-electron chi connectivity index (χ0n) is 13.1. The van der Waals surface area contributed by atoms with E-state index in [2.05, 4.69) is 5.32 Å². The second kappa shape index (κ2) is 6.50. The Morgan fingerprint density at radius 2 is 2.09 bits per heavy atom. The second-order valence-corrected chi connectivity index (χ2v) is 5.74. The number of ketones is 1. The van der Waals surface area contributed by atoms with Gasteiger partial charge in [-0.05, 0) is 36.8 Å². The van der Waals surface area contributed by atoms with Crippen molar-refractivity contribution < 1.29 is 14.3 Å². The first-order chi connectivity index (χ1) is 11.1. The van der Waals surface area contributed by atoms with Crippen LogP contribution in [0.25, 0.3) is 0 Å². The molecule has 1 aliphatic heterocycles. The Kier molecular flexibility index (Phi) is 4.44. The van der Waals surface area contributed by atoms with E-state index in [0.29, 0.717) is 29.5 Å². The molecule has 4 nitrogen and oxygen atoms in total. The van der Waals surface area contributed by atoms with Crippen molar-refractivity contribution in [1.29, 1.82) is 0 Å². The van der Waals surface area contributed by atoms with Crippen LogP contribution in [-0.4, -0.2) is 19.5 Å². The number of para-hydroxylation sites is 1. The van der Waals surface area contributed by atoms with Crippen molar-refractivity contribution in [2.45, 2.75) is 19.4 Å². The molecule has 2 aromatic rings. The number of carbonyl (C=O) groups excluding carboxylic acids is 1. The van der Waals surface area contributed by atoms with E-state index < -0.39 is 0 Å². The minimum atomic E-state index is -0.139. The topological polar surface area (TPSA) is 47.6 Å². The molecule has 0 aromatic heterocycles. The van der Waals surface area contributed by atoms with Crippen LogP contribution < -0.4 is 14.8 Å². The lowest BCUT2D eigenvalue weighted by Gasteiger charge is -2.27. The number of ether oxygens (including phenoxy) is 2. The lowest BCUT2D eigenvalue weighted by atomic mass is 9.92. The van der Waals surface area contributed by atoms with Crippen LogP contribution in [0, 0.1) is 0 Å². The van der Waals surface area contributed by atoms with Crippen LogP contribution in [-0.2, 0) is 0 Å². The van der Waals surface area contributed by atoms with Gasteiger partial charge >= 0.3 is 0 Å². The van der Waals surface area contributed by atoms with Gasteiger partial charge in [0, 0.05) is 17.7 Å². The second-order valence-electron chi connectivity index (χ2n) is 5.34. The summed E-state index contributed by atoms with van der Waals surface area (Å²) in [6, 6.07) is 11.1. The molecule has 0 saturated carbocycles. The number of nitrogens with one attached hydrogen (secondary N) is 1. The molecule has 1 atom stereocenters. The Bertz CT molecular complexity index is 745. The number of halogens is 1. The van der Waals surface area contributed by atoms with Gasteiger partial charge in [-0.15, -0.1) is 0 Å². The molecule has 3 rings (SSSR count). The highest BCUT2D eigenvalue weighted by Gasteiger charge is 2.26. The van der Waals surface area contributed by atoms with Gasteiger partial charge in [-0.25, -0.2) is 0 Å². The number of carbonyl (C=O) groups is 1. The normalized spacial score (nSPS) is 16.5. The van der Waals surface area contributed by atoms with E-state index in [0.717, 1.165) is 16.8 Å². The van der Waals surface area contributed by atoms with E-state index >= 15 is 0 Å². The highest BCUT2D eigenvalue weighted by atomic mass is 35.5. The summed E-state index contributed by atoms with van der Waals surface area (Å²) in [5, 5.41) is 3.88. The molecular weight excluding hydrogens is 314 g/mol. The van der Waals surface area contributed by atoms with Gasteiger partial charge in [-0.3, -0.25) is 4.79 Å². The molecule has 1 aliphatic rings. The van der Waals surface area contributed by atoms with Crippen molar-refractivity contribution in [3.05, 3.63) is 52.5 Å². The maximum Gasteiger partial charge on any atom is 0.179 e. The van der Waals surface area contributed by atoms with Crippen molar-refractivity contribution in [2.75, 3.05) is 19.0 Å². The Hall–Kier alpha value is -2.20. The van der Waals surface area contributed by atoms with E-state index in [1.165, 1.54) is 0 Å². The number of fused-ring (bicyclic) bond motifs is 1. The first-order valence-electron chi connectivity index (χ1n) is 7.53. The Morgan fingerprint density at radius 1 is 1.30 bits per heavy atom. The summed E-state index contributed by atoms with van der Waals surface area (Å²) >= 11 is 6.31. The Labute approximate surface area is 140 Å². The SMILES string of the molecule is CCOc1cc(C2CC(=O)c3ccccc3N2)cc(Cl)c1OC. The largest absolute Gasteiger partial charge is 0.491 e. The lowest BCUT2D eigenvalue weighted by Crippen LogP contribution is -2.22. The molecule has 5 heteroatoms. The van der Waals surface area contributed by atoms with Gasteiger partial charge in [0.15, 0.2) is 17.3 Å². The first kappa shape index (κ1) is 15.7. The standard InChI is InChI=1S/C18H18ClNO3/c1-3-23-17-9-11(8-13(19)18(17)22-2)15-10-16(21)12-6-4-5-7-14(12)20-15/h4-9,15,20H,3,10H2,1-2H3. The maximum atomic E-state index is 12.4. The van der Waals surface area contributed by atoms with Gasteiger partial charge < -0.3 is 14.8 Å². The third-order valence-corrected chi connectivity index (χ3v) is 4.17. The van der Waals surface area contributed by atoms with Gasteiger partial charge in [0.25, 0.3) is 0 Å². The van der Waals surface area contributed by atoms with Gasteiger partial charge in [0.05, 0.1) is 24.8 Å². The molecule has 0 bridgehead atoms. The summed E-state index contributed by atoms with van der Waals surface area (Å²) in [5.41, 5.74) is 2.48. The molecule has 0 aliphatic carbocycles. The number of Topliss-reactive ketones (excluding diaryl/α,β-unsaturated/α-hetero) is 1. The van der Waals surface area contributed by atoms with E-state index in [4.69, 9.17) is 21.1 Å². The average Bonchev–Trinajstić information content (AvgIpc) is 2.55. The minimum Gasteiger partial charge on any atom is -0.491 e. The van der Waals surface area contributed by atoms with Crippen molar-refractivity contribution in [1.82, 2.24) is 0 Å². The van der Waals surface area contributed by atoms with Crippen LogP contribution in [0.2, 0.25) is 5.02 Å². The molecule has 0 amide bonds. The highest BCUT2D eigenvalue weighted by Crippen LogP contribution is 2.40. The average molecular weight is 332 g/mol. The Morgan fingerprint density at radius 3 is 2.83 bits per heavy atom. The smallest absolute Gasteiger partial charge is 0.179 e. The molecule has 120 valence electrons. The van der Waals surface area contributed by atoms with E-state index in [1.807, 2.05) is 43.3 Å². The molecule has 1 unspecified atom stereocenters. The summed E-state index contributed by atoms with van der Waals surface area (Å²) in [4.78, 5) is 12.4. The van der Waals surface area contributed by atoms with E-state index in [-0.39, 0.29) is 11.8 Å². The van der Waals surface area contributed by atoms with Gasteiger partial charge in [-0.2, -0.15) is 0 Å². The summed E-state index contributed by atoms with van der Waals surface area (Å²) in [5.74, 6) is 1.22. The predicted molar refractivity (Wildman–Crippen MR) is 90.9 cm³/mol. The van der Waals surface area contributed by atoms with Gasteiger partial charge in [0.1, 0.15) is 0 Å². The summed E-state index contributed by atoms with van der Waals surface area (Å²) in [6.45, 7) is 2.41. The van der Waals surface area contributed by atoms with Crippen molar-refractivity contribution in [2.24, 2.45) is 0 Å². The highest BCUT2D eigenvalue weighted by molar-refractivity contribution is 6.32. The predicted octanol–water partition coefficient (Wildman–Crippen LogP) is 4.49. The number of methoxy groups -OCH3 is 1. The lowest BCUT2D eigenvalue weighted by molar-refractivity contribution is 0.0972. The zero-order chi connectivity index (χ0) is 16.4.